The van der Waals surface area contributed by atoms with E-state index in [1.54, 1.807) is 0 Å². The van der Waals surface area contributed by atoms with E-state index in [4.69, 9.17) is 0 Å². The molecule has 0 unspecified atom stereocenters. The van der Waals surface area contributed by atoms with Crippen molar-refractivity contribution in [1.29, 1.82) is 0 Å². The van der Waals surface area contributed by atoms with Gasteiger partial charge in [0.2, 0.25) is 5.91 Å². The Morgan fingerprint density at radius 1 is 0.900 bits per heavy atom. The third-order valence-corrected chi connectivity index (χ3v) is 5.96. The van der Waals surface area contributed by atoms with Crippen LogP contribution in [0.3, 0.4) is 0 Å². The molecule has 0 aliphatic carbocycles. The molecule has 1 amide bonds. The standard InChI is InChI=1S/C24H31N5O/c1-25-24(28-16-14-27(15-17-28)22-10-3-2-4-11-22)26-13-7-12-23(30)29-18-20-8-5-6-9-21(20)19-29/h2-6,8-11H,7,12-19H2,1H3,(H,25,26). The number of amides is 1. The number of fused-ring (bicyclic) bond motifs is 1. The summed E-state index contributed by atoms with van der Waals surface area (Å²) in [6.07, 6.45) is 1.38. The fraction of sp³-hybridized carbons (Fsp3) is 0.417. The molecule has 0 atom stereocenters. The number of nitrogens with one attached hydrogen (secondary N) is 1. The van der Waals surface area contributed by atoms with E-state index in [1.807, 2.05) is 24.1 Å². The molecule has 0 radical (unpaired) electrons. The topological polar surface area (TPSA) is 51.2 Å². The van der Waals surface area contributed by atoms with Crippen LogP contribution < -0.4 is 10.2 Å². The van der Waals surface area contributed by atoms with Gasteiger partial charge < -0.3 is 20.0 Å². The molecule has 2 aliphatic rings. The number of guanidine groups is 1. The summed E-state index contributed by atoms with van der Waals surface area (Å²) in [5.74, 6) is 1.17. The fourth-order valence-electron chi connectivity index (χ4n) is 4.25. The van der Waals surface area contributed by atoms with Crippen LogP contribution in [0.4, 0.5) is 5.69 Å². The van der Waals surface area contributed by atoms with Crippen molar-refractivity contribution in [3.05, 3.63) is 65.7 Å². The van der Waals surface area contributed by atoms with E-state index < -0.39 is 0 Å². The minimum Gasteiger partial charge on any atom is -0.368 e. The number of hydrogen-bond acceptors (Lipinski definition) is 3. The van der Waals surface area contributed by atoms with E-state index >= 15 is 0 Å². The van der Waals surface area contributed by atoms with E-state index in [9.17, 15) is 4.79 Å². The highest BCUT2D eigenvalue weighted by Gasteiger charge is 2.23. The molecule has 0 saturated carbocycles. The number of hydrogen-bond donors (Lipinski definition) is 1. The zero-order valence-electron chi connectivity index (χ0n) is 17.8. The van der Waals surface area contributed by atoms with Crippen molar-refractivity contribution >= 4 is 17.6 Å². The first-order valence-electron chi connectivity index (χ1n) is 10.8. The first kappa shape index (κ1) is 20.3. The maximum atomic E-state index is 12.6. The Bertz CT molecular complexity index is 849. The van der Waals surface area contributed by atoms with Crippen molar-refractivity contribution in [2.45, 2.75) is 25.9 Å². The molecule has 6 heteroatoms. The van der Waals surface area contributed by atoms with Gasteiger partial charge in [0.1, 0.15) is 0 Å². The molecule has 2 aromatic rings. The lowest BCUT2D eigenvalue weighted by molar-refractivity contribution is -0.131. The molecule has 2 aliphatic heterocycles. The smallest absolute Gasteiger partial charge is 0.223 e. The molecule has 2 aromatic carbocycles. The van der Waals surface area contributed by atoms with Crippen LogP contribution >= 0.6 is 0 Å². The lowest BCUT2D eigenvalue weighted by atomic mass is 10.1. The van der Waals surface area contributed by atoms with E-state index in [1.165, 1.54) is 16.8 Å². The summed E-state index contributed by atoms with van der Waals surface area (Å²) >= 11 is 0. The van der Waals surface area contributed by atoms with Crippen LogP contribution in [-0.2, 0) is 17.9 Å². The largest absolute Gasteiger partial charge is 0.368 e. The molecule has 30 heavy (non-hydrogen) atoms. The van der Waals surface area contributed by atoms with Gasteiger partial charge in [-0.3, -0.25) is 9.79 Å². The number of nitrogens with zero attached hydrogens (tertiary/aromatic N) is 4. The number of benzene rings is 2. The van der Waals surface area contributed by atoms with E-state index in [-0.39, 0.29) is 5.91 Å². The van der Waals surface area contributed by atoms with Crippen molar-refractivity contribution in [1.82, 2.24) is 15.1 Å². The number of anilines is 1. The predicted octanol–water partition coefficient (Wildman–Crippen LogP) is 2.71. The maximum absolute atomic E-state index is 12.6. The van der Waals surface area contributed by atoms with Crippen LogP contribution in [0.25, 0.3) is 0 Å². The Kier molecular flexibility index (Phi) is 6.52. The molecule has 1 saturated heterocycles. The Balaban J connectivity index is 1.17. The number of rotatable bonds is 5. The van der Waals surface area contributed by atoms with Gasteiger partial charge in [0.05, 0.1) is 0 Å². The summed E-state index contributed by atoms with van der Waals surface area (Å²) in [4.78, 5) is 23.7. The summed E-state index contributed by atoms with van der Waals surface area (Å²) in [6, 6.07) is 18.9. The predicted molar refractivity (Wildman–Crippen MR) is 122 cm³/mol. The summed E-state index contributed by atoms with van der Waals surface area (Å²) in [5.41, 5.74) is 3.83. The highest BCUT2D eigenvalue weighted by Crippen LogP contribution is 2.23. The van der Waals surface area contributed by atoms with Crippen LogP contribution in [0.1, 0.15) is 24.0 Å². The Morgan fingerprint density at radius 3 is 2.17 bits per heavy atom. The maximum Gasteiger partial charge on any atom is 0.223 e. The third kappa shape index (κ3) is 4.75. The molecule has 0 aromatic heterocycles. The lowest BCUT2D eigenvalue weighted by Gasteiger charge is -2.37. The molecule has 0 spiro atoms. The van der Waals surface area contributed by atoms with Crippen LogP contribution in [-0.4, -0.2) is 61.4 Å². The normalized spacial score (nSPS) is 16.6. The average Bonchev–Trinajstić information content (AvgIpc) is 3.24. The molecule has 158 valence electrons. The summed E-state index contributed by atoms with van der Waals surface area (Å²) in [6.45, 7) is 6.11. The highest BCUT2D eigenvalue weighted by molar-refractivity contribution is 5.80. The molecule has 2 heterocycles. The van der Waals surface area contributed by atoms with Crippen molar-refractivity contribution < 1.29 is 4.79 Å². The Morgan fingerprint density at radius 2 is 1.53 bits per heavy atom. The van der Waals surface area contributed by atoms with Crippen LogP contribution in [0.5, 0.6) is 0 Å². The van der Waals surface area contributed by atoms with Crippen LogP contribution in [0.15, 0.2) is 59.6 Å². The van der Waals surface area contributed by atoms with Crippen LogP contribution in [0.2, 0.25) is 0 Å². The number of carbonyl (C=O) groups excluding carboxylic acids is 1. The van der Waals surface area contributed by atoms with Crippen LogP contribution in [0, 0.1) is 0 Å². The first-order valence-corrected chi connectivity index (χ1v) is 10.8. The lowest BCUT2D eigenvalue weighted by Crippen LogP contribution is -2.52. The van der Waals surface area contributed by atoms with Gasteiger partial charge in [0.25, 0.3) is 0 Å². The molecular weight excluding hydrogens is 374 g/mol. The van der Waals surface area contributed by atoms with E-state index in [2.05, 4.69) is 62.6 Å². The van der Waals surface area contributed by atoms with Crippen molar-refractivity contribution in [2.75, 3.05) is 44.7 Å². The van der Waals surface area contributed by atoms with Gasteiger partial charge in [0.15, 0.2) is 5.96 Å². The van der Waals surface area contributed by atoms with Gasteiger partial charge in [-0.15, -0.1) is 0 Å². The van der Waals surface area contributed by atoms with Gasteiger partial charge in [-0.1, -0.05) is 42.5 Å². The minimum absolute atomic E-state index is 0.236. The molecule has 1 N–H and O–H groups in total. The summed E-state index contributed by atoms with van der Waals surface area (Å²) in [7, 11) is 1.83. The fourth-order valence-corrected chi connectivity index (χ4v) is 4.25. The first-order chi connectivity index (χ1) is 14.7. The average molecular weight is 406 g/mol. The monoisotopic (exact) mass is 405 g/mol. The second-order valence-electron chi connectivity index (χ2n) is 7.91. The minimum atomic E-state index is 0.236. The van der Waals surface area contributed by atoms with Crippen molar-refractivity contribution in [2.24, 2.45) is 4.99 Å². The van der Waals surface area contributed by atoms with Crippen molar-refractivity contribution in [3.63, 3.8) is 0 Å². The number of aliphatic imine (C=N–C) groups is 1. The SMILES string of the molecule is CN=C(NCCCC(=O)N1Cc2ccccc2C1)N1CCN(c2ccccc2)CC1. The molecular formula is C24H31N5O. The van der Waals surface area contributed by atoms with Crippen molar-refractivity contribution in [3.8, 4) is 0 Å². The molecule has 6 nitrogen and oxygen atoms in total. The number of piperazine rings is 1. The summed E-state index contributed by atoms with van der Waals surface area (Å²) < 4.78 is 0. The summed E-state index contributed by atoms with van der Waals surface area (Å²) in [5, 5.41) is 3.44. The van der Waals surface area contributed by atoms with Gasteiger partial charge >= 0.3 is 0 Å². The zero-order chi connectivity index (χ0) is 20.8. The number of carbonyl (C=O) groups is 1. The Labute approximate surface area is 179 Å². The molecule has 0 bridgehead atoms. The van der Waals surface area contributed by atoms with E-state index in [0.29, 0.717) is 6.42 Å². The highest BCUT2D eigenvalue weighted by atomic mass is 16.2. The molecule has 1 fully saturated rings. The van der Waals surface area contributed by atoms with Gasteiger partial charge in [-0.05, 0) is 29.7 Å². The Hall–Kier alpha value is -3.02. The zero-order valence-corrected chi connectivity index (χ0v) is 17.8. The number of para-hydroxylation sites is 1. The quantitative estimate of drug-likeness (QED) is 0.472. The van der Waals surface area contributed by atoms with E-state index in [0.717, 1.165) is 58.2 Å². The van der Waals surface area contributed by atoms with Gasteiger partial charge in [-0.25, -0.2) is 0 Å². The second kappa shape index (κ2) is 9.65. The molecule has 4 rings (SSSR count). The second-order valence-corrected chi connectivity index (χ2v) is 7.91. The third-order valence-electron chi connectivity index (χ3n) is 5.96. The van der Waals surface area contributed by atoms with Gasteiger partial charge in [-0.2, -0.15) is 0 Å². The van der Waals surface area contributed by atoms with Gasteiger partial charge in [0, 0.05) is 65.0 Å².